The van der Waals surface area contributed by atoms with Crippen molar-refractivity contribution in [1.29, 1.82) is 0 Å². The summed E-state index contributed by atoms with van der Waals surface area (Å²) in [4.78, 5) is 7.60. The molecule has 0 saturated heterocycles. The highest BCUT2D eigenvalue weighted by Gasteiger charge is 2.03. The second-order valence-corrected chi connectivity index (χ2v) is 3.92. The number of hydrogen-bond acceptors (Lipinski definition) is 1. The minimum Gasteiger partial charge on any atom is -0.341 e. The zero-order valence-electron chi connectivity index (χ0n) is 9.07. The number of aromatic nitrogens is 2. The highest BCUT2D eigenvalue weighted by molar-refractivity contribution is 5.74. The largest absolute Gasteiger partial charge is 0.341 e. The topological polar surface area (TPSA) is 28.7 Å². The monoisotopic (exact) mass is 225 g/mol. The van der Waals surface area contributed by atoms with Crippen LogP contribution >= 0.6 is 0 Å². The van der Waals surface area contributed by atoms with Gasteiger partial charge in [0, 0.05) is 12.5 Å². The molecular weight excluding hydrogens is 215 g/mol. The molecule has 0 atom stereocenters. The predicted octanol–water partition coefficient (Wildman–Crippen LogP) is 3.09. The zero-order valence-corrected chi connectivity index (χ0v) is 9.07. The van der Waals surface area contributed by atoms with Gasteiger partial charge < -0.3 is 4.98 Å². The minimum absolute atomic E-state index is 0.217. The van der Waals surface area contributed by atoms with E-state index in [1.165, 1.54) is 12.1 Å². The number of aromatic amines is 1. The Labute approximate surface area is 98.1 Å². The summed E-state index contributed by atoms with van der Waals surface area (Å²) in [5, 5.41) is 0. The van der Waals surface area contributed by atoms with Crippen molar-refractivity contribution in [2.75, 3.05) is 0 Å². The fraction of sp³-hybridized carbons (Fsp3) is 0.0714. The van der Waals surface area contributed by atoms with Crippen LogP contribution in [0.2, 0.25) is 0 Å². The van der Waals surface area contributed by atoms with Crippen molar-refractivity contribution in [2.45, 2.75) is 6.42 Å². The molecule has 0 unspecified atom stereocenters. The van der Waals surface area contributed by atoms with Gasteiger partial charge in [0.05, 0.1) is 11.0 Å². The van der Waals surface area contributed by atoms with E-state index in [9.17, 15) is 4.39 Å². The Hall–Kier alpha value is -2.16. The van der Waals surface area contributed by atoms with E-state index in [2.05, 4.69) is 16.0 Å². The summed E-state index contributed by atoms with van der Waals surface area (Å²) < 4.78 is 13.0. The van der Waals surface area contributed by atoms with Gasteiger partial charge in [0.1, 0.15) is 11.6 Å². The van der Waals surface area contributed by atoms with Crippen LogP contribution in [0.5, 0.6) is 0 Å². The van der Waals surface area contributed by atoms with Crippen molar-refractivity contribution in [2.24, 2.45) is 0 Å². The summed E-state index contributed by atoms with van der Waals surface area (Å²) in [6.07, 6.45) is 0.598. The quantitative estimate of drug-likeness (QED) is 0.713. The van der Waals surface area contributed by atoms with Crippen LogP contribution in [0.15, 0.2) is 42.5 Å². The first-order valence-corrected chi connectivity index (χ1v) is 5.41. The summed E-state index contributed by atoms with van der Waals surface area (Å²) in [5.41, 5.74) is 2.68. The van der Waals surface area contributed by atoms with E-state index >= 15 is 0 Å². The molecule has 2 nitrogen and oxygen atoms in total. The number of halogens is 1. The third-order valence-corrected chi connectivity index (χ3v) is 2.62. The van der Waals surface area contributed by atoms with Crippen molar-refractivity contribution in [3.05, 3.63) is 65.7 Å². The first kappa shape index (κ1) is 10.0. The molecular formula is C14H10FN2. The number of fused-ring (bicyclic) bond motifs is 1. The number of nitrogens with zero attached hydrogens (tertiary/aromatic N) is 1. The molecule has 1 aromatic heterocycles. The Morgan fingerprint density at radius 1 is 1.24 bits per heavy atom. The normalized spacial score (nSPS) is 10.9. The van der Waals surface area contributed by atoms with Crippen LogP contribution in [-0.2, 0) is 6.42 Å². The van der Waals surface area contributed by atoms with Gasteiger partial charge in [0.2, 0.25) is 0 Å². The molecule has 0 saturated carbocycles. The number of imidazole rings is 1. The van der Waals surface area contributed by atoms with Gasteiger partial charge in [0.25, 0.3) is 0 Å². The van der Waals surface area contributed by atoms with Gasteiger partial charge in [-0.1, -0.05) is 24.3 Å². The molecule has 0 spiro atoms. The maximum absolute atomic E-state index is 13.0. The van der Waals surface area contributed by atoms with Crippen molar-refractivity contribution >= 4 is 11.0 Å². The van der Waals surface area contributed by atoms with Gasteiger partial charge in [-0.15, -0.1) is 0 Å². The van der Waals surface area contributed by atoms with Crippen LogP contribution in [0, 0.1) is 11.9 Å². The van der Waals surface area contributed by atoms with E-state index in [-0.39, 0.29) is 5.82 Å². The predicted molar refractivity (Wildman–Crippen MR) is 64.1 cm³/mol. The zero-order chi connectivity index (χ0) is 11.7. The Kier molecular flexibility index (Phi) is 2.37. The molecule has 0 amide bonds. The fourth-order valence-corrected chi connectivity index (χ4v) is 1.86. The molecule has 1 N–H and O–H groups in total. The molecule has 0 aliphatic heterocycles. The van der Waals surface area contributed by atoms with E-state index in [4.69, 9.17) is 0 Å². The smallest absolute Gasteiger partial charge is 0.123 e. The lowest BCUT2D eigenvalue weighted by atomic mass is 10.1. The van der Waals surface area contributed by atoms with Crippen LogP contribution in [0.4, 0.5) is 4.39 Å². The third-order valence-electron chi connectivity index (χ3n) is 2.62. The molecule has 17 heavy (non-hydrogen) atoms. The van der Waals surface area contributed by atoms with E-state index < -0.39 is 0 Å². The average molecular weight is 225 g/mol. The fourth-order valence-electron chi connectivity index (χ4n) is 1.86. The number of para-hydroxylation sites is 1. The highest BCUT2D eigenvalue weighted by atomic mass is 19.1. The Morgan fingerprint density at radius 2 is 2.18 bits per heavy atom. The van der Waals surface area contributed by atoms with Crippen molar-refractivity contribution in [1.82, 2.24) is 9.97 Å². The molecule has 1 heterocycles. The molecule has 83 valence electrons. The van der Waals surface area contributed by atoms with Crippen molar-refractivity contribution in [3.63, 3.8) is 0 Å². The molecule has 3 aromatic rings. The molecule has 3 rings (SSSR count). The molecule has 0 aliphatic rings. The lowest BCUT2D eigenvalue weighted by molar-refractivity contribution is 0.626. The van der Waals surface area contributed by atoms with E-state index in [0.717, 1.165) is 22.4 Å². The Bertz CT molecular complexity index is 625. The third kappa shape index (κ3) is 2.04. The Balaban J connectivity index is 1.94. The molecule has 0 fully saturated rings. The van der Waals surface area contributed by atoms with Gasteiger partial charge in [-0.3, -0.25) is 0 Å². The maximum atomic E-state index is 13.0. The second-order valence-electron chi connectivity index (χ2n) is 3.92. The number of rotatable bonds is 2. The summed E-state index contributed by atoms with van der Waals surface area (Å²) in [5.74, 6) is 0.609. The van der Waals surface area contributed by atoms with Crippen LogP contribution in [-0.4, -0.2) is 9.97 Å². The highest BCUT2D eigenvalue weighted by Crippen LogP contribution is 2.13. The molecule has 1 radical (unpaired) electrons. The molecule has 0 bridgehead atoms. The van der Waals surface area contributed by atoms with Gasteiger partial charge >= 0.3 is 0 Å². The van der Waals surface area contributed by atoms with E-state index in [1.807, 2.05) is 24.3 Å². The van der Waals surface area contributed by atoms with Gasteiger partial charge in [-0.25, -0.2) is 9.37 Å². The SMILES string of the molecule is Fc1cccc(Cc2nc3ccc[c]c3[nH]2)c1. The minimum atomic E-state index is -0.217. The maximum Gasteiger partial charge on any atom is 0.123 e. The van der Waals surface area contributed by atoms with E-state index in [0.29, 0.717) is 6.42 Å². The summed E-state index contributed by atoms with van der Waals surface area (Å²) >= 11 is 0. The number of benzene rings is 2. The van der Waals surface area contributed by atoms with E-state index in [1.54, 1.807) is 6.07 Å². The molecule has 0 aliphatic carbocycles. The van der Waals surface area contributed by atoms with Crippen LogP contribution in [0.3, 0.4) is 0 Å². The lowest BCUT2D eigenvalue weighted by Gasteiger charge is -1.97. The number of hydrogen-bond donors (Lipinski definition) is 1. The second kappa shape index (κ2) is 4.01. The van der Waals surface area contributed by atoms with Gasteiger partial charge in [-0.2, -0.15) is 0 Å². The van der Waals surface area contributed by atoms with Crippen LogP contribution in [0.25, 0.3) is 11.0 Å². The van der Waals surface area contributed by atoms with Crippen molar-refractivity contribution in [3.8, 4) is 0 Å². The van der Waals surface area contributed by atoms with Gasteiger partial charge in [-0.05, 0) is 23.8 Å². The van der Waals surface area contributed by atoms with Crippen LogP contribution < -0.4 is 0 Å². The lowest BCUT2D eigenvalue weighted by Crippen LogP contribution is -1.91. The number of nitrogens with one attached hydrogen (secondary N) is 1. The Morgan fingerprint density at radius 3 is 3.00 bits per heavy atom. The van der Waals surface area contributed by atoms with Crippen LogP contribution in [0.1, 0.15) is 11.4 Å². The summed E-state index contributed by atoms with van der Waals surface area (Å²) in [6, 6.07) is 15.3. The molecule has 2 aromatic carbocycles. The summed E-state index contributed by atoms with van der Waals surface area (Å²) in [7, 11) is 0. The standard InChI is InChI=1S/C14H10FN2/c15-11-5-3-4-10(8-11)9-14-16-12-6-1-2-7-13(12)17-14/h1-6,8H,9H2,(H,16,17). The van der Waals surface area contributed by atoms with Crippen molar-refractivity contribution < 1.29 is 4.39 Å². The molecule has 3 heteroatoms. The summed E-state index contributed by atoms with van der Waals surface area (Å²) in [6.45, 7) is 0. The average Bonchev–Trinajstić information content (AvgIpc) is 2.71. The first-order valence-electron chi connectivity index (χ1n) is 5.41. The number of H-pyrrole nitrogens is 1. The van der Waals surface area contributed by atoms with Gasteiger partial charge in [0.15, 0.2) is 0 Å². The first-order chi connectivity index (χ1) is 8.31.